The van der Waals surface area contributed by atoms with Gasteiger partial charge in [0.15, 0.2) is 0 Å². The molecule has 0 bridgehead atoms. The number of hydrogen-bond donors (Lipinski definition) is 2. The summed E-state index contributed by atoms with van der Waals surface area (Å²) >= 11 is 0. The zero-order chi connectivity index (χ0) is 35.1. The molecule has 2 aromatic carbocycles. The molecule has 4 unspecified atom stereocenters. The monoisotopic (exact) mass is 695 g/mol. The summed E-state index contributed by atoms with van der Waals surface area (Å²) in [4.78, 5) is 27.7. The van der Waals surface area contributed by atoms with E-state index in [1.54, 1.807) is 0 Å². The maximum absolute atomic E-state index is 11.0. The first-order chi connectivity index (χ1) is 21.5. The van der Waals surface area contributed by atoms with Crippen LogP contribution in [-0.2, 0) is 26.4 Å². The number of aliphatic imine (C=N–C) groups is 2. The maximum atomic E-state index is 11.0. The van der Waals surface area contributed by atoms with E-state index in [2.05, 4.69) is 79.7 Å². The first-order valence-corrected chi connectivity index (χ1v) is 16.7. The summed E-state index contributed by atoms with van der Waals surface area (Å²) in [5.41, 5.74) is 6.17. The summed E-state index contributed by atoms with van der Waals surface area (Å²) in [5.74, 6) is -0.0465. The summed E-state index contributed by atoms with van der Waals surface area (Å²) < 4.78 is 0. The quantitative estimate of drug-likeness (QED) is 0.264. The molecule has 1 radical (unpaired) electrons. The van der Waals surface area contributed by atoms with Crippen LogP contribution in [0.4, 0.5) is 0 Å². The normalized spacial score (nSPS) is 17.4. The Bertz CT molecular complexity index is 1230. The zero-order valence-electron chi connectivity index (χ0n) is 29.9. The Hall–Kier alpha value is -3.17. The minimum absolute atomic E-state index is 0. The molecule has 2 aromatic rings. The molecule has 0 heterocycles. The fraction of sp³-hybridized carbons (Fsp3) is 0.579. The number of phenols is 2. The molecule has 0 saturated heterocycles. The molecule has 0 aromatic heterocycles. The molecule has 1 aliphatic rings. The average Bonchev–Trinajstić information content (AvgIpc) is 2.98. The largest absolute Gasteiger partial charge is 2.00 e. The number of carboxylic acids is 2. The number of carboxylic acid groups (broad SMARTS) is 2. The topological polar surface area (TPSA) is 145 Å². The number of phenolic OH excluding ortho intramolecular Hbond substituents is 2. The average molecular weight is 696 g/mol. The predicted octanol–water partition coefficient (Wildman–Crippen LogP) is 6.73. The van der Waals surface area contributed by atoms with Crippen LogP contribution in [0.15, 0.2) is 34.3 Å². The van der Waals surface area contributed by atoms with Crippen LogP contribution < -0.4 is 10.2 Å². The van der Waals surface area contributed by atoms with Gasteiger partial charge in [-0.3, -0.25) is 9.98 Å². The van der Waals surface area contributed by atoms with E-state index in [1.165, 1.54) is 11.1 Å². The fourth-order valence-corrected chi connectivity index (χ4v) is 5.31. The fourth-order valence-electron chi connectivity index (χ4n) is 5.31. The minimum Gasteiger partial charge on any atom is -0.550 e. The molecule has 1 aliphatic carbocycles. The molecule has 0 aliphatic heterocycles. The van der Waals surface area contributed by atoms with Gasteiger partial charge in [-0.15, -0.1) is 0 Å². The van der Waals surface area contributed by atoms with E-state index in [4.69, 9.17) is 29.8 Å². The third kappa shape index (κ3) is 15.1. The van der Waals surface area contributed by atoms with Crippen LogP contribution in [0.3, 0.4) is 0 Å². The summed E-state index contributed by atoms with van der Waals surface area (Å²) in [6, 6.07) is 8.91. The van der Waals surface area contributed by atoms with Crippen LogP contribution in [-0.4, -0.2) is 46.7 Å². The van der Waals surface area contributed by atoms with E-state index in [-0.39, 0.29) is 40.7 Å². The van der Waals surface area contributed by atoms with Crippen molar-refractivity contribution < 1.29 is 46.8 Å². The summed E-state index contributed by atoms with van der Waals surface area (Å²) in [5, 5.41) is 39.7. The van der Waals surface area contributed by atoms with Gasteiger partial charge in [0.2, 0.25) is 0 Å². The molecule has 0 spiro atoms. The molecule has 8 nitrogen and oxygen atoms in total. The van der Waals surface area contributed by atoms with Crippen LogP contribution in [0.5, 0.6) is 11.5 Å². The van der Waals surface area contributed by atoms with Gasteiger partial charge in [0.05, 0.1) is 12.1 Å². The molecule has 1 saturated carbocycles. The van der Waals surface area contributed by atoms with E-state index in [1.807, 2.05) is 12.4 Å². The van der Waals surface area contributed by atoms with Gasteiger partial charge in [0, 0.05) is 35.5 Å². The van der Waals surface area contributed by atoms with Gasteiger partial charge in [-0.2, -0.15) is 0 Å². The number of carbonyl (C=O) groups excluding carboxylic acids is 2. The Labute approximate surface area is 293 Å². The van der Waals surface area contributed by atoms with Crippen molar-refractivity contribution in [3.8, 4) is 11.5 Å². The van der Waals surface area contributed by atoms with Crippen molar-refractivity contribution in [2.75, 3.05) is 0 Å². The molecule has 2 N–H and O–H groups in total. The predicted molar refractivity (Wildman–Crippen MR) is 184 cm³/mol. The minimum atomic E-state index is -1.08. The van der Waals surface area contributed by atoms with Crippen molar-refractivity contribution in [2.24, 2.45) is 9.98 Å². The third-order valence-electron chi connectivity index (χ3n) is 8.46. The van der Waals surface area contributed by atoms with Crippen LogP contribution in [0.25, 0.3) is 0 Å². The summed E-state index contributed by atoms with van der Waals surface area (Å²) in [6.45, 7) is 19.3. The van der Waals surface area contributed by atoms with Gasteiger partial charge in [0.25, 0.3) is 0 Å². The number of hydrogen-bond acceptors (Lipinski definition) is 8. The number of nitrogens with zero attached hydrogens (tertiary/aromatic N) is 2. The van der Waals surface area contributed by atoms with Crippen LogP contribution in [0, 0.1) is 0 Å². The van der Waals surface area contributed by atoms with Crippen molar-refractivity contribution in [3.63, 3.8) is 0 Å². The van der Waals surface area contributed by atoms with Crippen molar-refractivity contribution in [2.45, 2.75) is 144 Å². The summed E-state index contributed by atoms with van der Waals surface area (Å²) in [6.07, 6.45) is 9.95. The van der Waals surface area contributed by atoms with Crippen LogP contribution in [0.1, 0.15) is 165 Å². The van der Waals surface area contributed by atoms with Crippen LogP contribution >= 0.6 is 0 Å². The summed E-state index contributed by atoms with van der Waals surface area (Å²) in [7, 11) is 0. The Morgan fingerprint density at radius 3 is 1.34 bits per heavy atom. The number of carbonyl (C=O) groups is 2. The zero-order valence-corrected chi connectivity index (χ0v) is 31.0. The molecular weight excluding hydrogens is 639 g/mol. The molecule has 47 heavy (non-hydrogen) atoms. The SMILES string of the molecule is CC(=O)[O-].CC(=O)[O-].CCC(C)c1cc(C=NC2CCCC(N=Cc3cc(C(C)CC)cc(C(C)C)c3O)C2)c(O)c(C(C)C)c1.[Co+2]. The van der Waals surface area contributed by atoms with Crippen molar-refractivity contribution in [1.29, 1.82) is 0 Å². The van der Waals surface area contributed by atoms with E-state index in [9.17, 15) is 10.2 Å². The maximum Gasteiger partial charge on any atom is 2.00 e. The van der Waals surface area contributed by atoms with Gasteiger partial charge >= 0.3 is 16.8 Å². The number of benzene rings is 2. The Kier molecular flexibility index (Phi) is 20.2. The third-order valence-corrected chi connectivity index (χ3v) is 8.46. The molecule has 0 amide bonds. The first-order valence-electron chi connectivity index (χ1n) is 16.7. The Morgan fingerprint density at radius 2 is 1.06 bits per heavy atom. The van der Waals surface area contributed by atoms with Gasteiger partial charge in [-0.1, -0.05) is 67.5 Å². The number of aromatic hydroxyl groups is 2. The molecule has 3 rings (SSSR count). The van der Waals surface area contributed by atoms with Crippen molar-refractivity contribution in [3.05, 3.63) is 57.6 Å². The number of rotatable bonds is 10. The molecular formula is C38H56CoN2O6. The van der Waals surface area contributed by atoms with E-state index >= 15 is 0 Å². The van der Waals surface area contributed by atoms with E-state index < -0.39 is 11.9 Å². The van der Waals surface area contributed by atoms with Crippen LogP contribution in [0.2, 0.25) is 0 Å². The molecule has 263 valence electrons. The first kappa shape index (κ1) is 43.8. The van der Waals surface area contributed by atoms with Gasteiger partial charge in [-0.05, 0) is 110 Å². The second-order valence-electron chi connectivity index (χ2n) is 13.0. The Balaban J connectivity index is 0.00000211. The second kappa shape index (κ2) is 21.7. The molecule has 9 heteroatoms. The van der Waals surface area contributed by atoms with E-state index in [0.717, 1.165) is 74.6 Å². The second-order valence-corrected chi connectivity index (χ2v) is 13.0. The van der Waals surface area contributed by atoms with Crippen molar-refractivity contribution in [1.82, 2.24) is 0 Å². The van der Waals surface area contributed by atoms with Gasteiger partial charge in [0.1, 0.15) is 11.5 Å². The Morgan fingerprint density at radius 1 is 0.745 bits per heavy atom. The standard InChI is InChI=1S/C34H50N2O2.2C2H4O2.Co/c1-9-23(7)25-14-27(33(37)31(16-25)21(3)4)19-35-29-12-11-13-30(18-29)36-20-28-15-26(24(8)10-2)17-32(22(5)6)34(28)38;2*1-2(3)4;/h14-17,19-24,29-30,37-38H,9-13,18H2,1-8H3;2*1H3,(H,3,4);/q;;;+2/p-2. The van der Waals surface area contributed by atoms with E-state index in [0.29, 0.717) is 23.3 Å². The van der Waals surface area contributed by atoms with Gasteiger partial charge in [-0.25, -0.2) is 0 Å². The smallest absolute Gasteiger partial charge is 0.550 e. The molecule has 4 atom stereocenters. The van der Waals surface area contributed by atoms with Gasteiger partial charge < -0.3 is 30.0 Å². The van der Waals surface area contributed by atoms with Crippen molar-refractivity contribution >= 4 is 24.4 Å². The molecule has 1 fully saturated rings. The number of aliphatic carboxylic acids is 2.